The summed E-state index contributed by atoms with van der Waals surface area (Å²) in [6.45, 7) is 4.39. The first-order valence-corrected chi connectivity index (χ1v) is 8.01. The maximum atomic E-state index is 12.1. The summed E-state index contributed by atoms with van der Waals surface area (Å²) in [5.74, 6) is 0. The summed E-state index contributed by atoms with van der Waals surface area (Å²) in [5, 5.41) is 0. The number of benzene rings is 1. The molecule has 0 bridgehead atoms. The number of aryl methyl sites for hydroxylation is 1. The van der Waals surface area contributed by atoms with Gasteiger partial charge < -0.3 is 0 Å². The van der Waals surface area contributed by atoms with Crippen LogP contribution in [0.25, 0.3) is 0 Å². The van der Waals surface area contributed by atoms with Crippen LogP contribution >= 0.6 is 11.8 Å². The Balaban J connectivity index is 2.65. The van der Waals surface area contributed by atoms with Crippen LogP contribution in [0.3, 0.4) is 0 Å². The van der Waals surface area contributed by atoms with Crippen molar-refractivity contribution in [2.24, 2.45) is 0 Å². The normalized spacial score (nSPS) is 12.0. The lowest BCUT2D eigenvalue weighted by atomic mass is 10.2. The third-order valence-electron chi connectivity index (χ3n) is 2.77. The van der Waals surface area contributed by atoms with Crippen LogP contribution in [0.5, 0.6) is 0 Å². The molecule has 0 saturated carbocycles. The first-order valence-electron chi connectivity index (χ1n) is 6.23. The molecule has 0 aromatic heterocycles. The zero-order valence-electron chi connectivity index (χ0n) is 10.9. The van der Waals surface area contributed by atoms with E-state index in [9.17, 15) is 8.42 Å². The maximum absolute atomic E-state index is 12.1. The van der Waals surface area contributed by atoms with Crippen molar-refractivity contribution in [2.75, 3.05) is 6.54 Å². The van der Waals surface area contributed by atoms with E-state index in [1.165, 1.54) is 0 Å². The van der Waals surface area contributed by atoms with Crippen LogP contribution in [0.15, 0.2) is 29.2 Å². The van der Waals surface area contributed by atoms with Crippen molar-refractivity contribution >= 4 is 21.8 Å². The average Bonchev–Trinajstić information content (AvgIpc) is 2.35. The summed E-state index contributed by atoms with van der Waals surface area (Å²) in [5.41, 5.74) is 1.03. The molecule has 102 valence electrons. The first-order chi connectivity index (χ1) is 8.48. The Morgan fingerprint density at radius 1 is 1.11 bits per heavy atom. The van der Waals surface area contributed by atoms with Gasteiger partial charge in [-0.3, -0.25) is 0 Å². The Morgan fingerprint density at radius 3 is 2.28 bits per heavy atom. The summed E-state index contributed by atoms with van der Waals surface area (Å²) in [4.78, 5) is 0.249. The van der Waals surface area contributed by atoms with Gasteiger partial charge in [0, 0.05) is 6.54 Å². The molecule has 0 atom stereocenters. The molecule has 1 rings (SSSR count). The minimum absolute atomic E-state index is 0.249. The van der Waals surface area contributed by atoms with Gasteiger partial charge in [0.1, 0.15) is 0 Å². The number of hydrogen-bond donors (Lipinski definition) is 0. The van der Waals surface area contributed by atoms with Crippen molar-refractivity contribution in [2.45, 2.75) is 44.4 Å². The zero-order valence-corrected chi connectivity index (χ0v) is 12.5. The molecular formula is C13H20ClNO2S. The van der Waals surface area contributed by atoms with Gasteiger partial charge in [-0.25, -0.2) is 8.42 Å². The molecule has 0 aliphatic carbocycles. The Kier molecular flexibility index (Phi) is 6.12. The van der Waals surface area contributed by atoms with Crippen molar-refractivity contribution in [1.29, 1.82) is 0 Å². The topological polar surface area (TPSA) is 37.4 Å². The van der Waals surface area contributed by atoms with E-state index in [-0.39, 0.29) is 4.90 Å². The number of unbranched alkanes of at least 4 members (excludes halogenated alkanes) is 3. The Hall–Kier alpha value is -0.580. The van der Waals surface area contributed by atoms with E-state index < -0.39 is 10.0 Å². The van der Waals surface area contributed by atoms with Crippen LogP contribution in [0.2, 0.25) is 0 Å². The predicted molar refractivity (Wildman–Crippen MR) is 75.1 cm³/mol. The summed E-state index contributed by atoms with van der Waals surface area (Å²) in [6, 6.07) is 6.72. The third-order valence-corrected chi connectivity index (χ3v) is 5.05. The van der Waals surface area contributed by atoms with E-state index in [1.807, 2.05) is 6.92 Å². The molecule has 0 unspecified atom stereocenters. The van der Waals surface area contributed by atoms with Crippen molar-refractivity contribution in [1.82, 2.24) is 3.82 Å². The lowest BCUT2D eigenvalue weighted by Crippen LogP contribution is -2.23. The number of rotatable bonds is 7. The second-order valence-corrected chi connectivity index (χ2v) is 6.86. The molecule has 0 heterocycles. The second-order valence-electron chi connectivity index (χ2n) is 4.39. The van der Waals surface area contributed by atoms with Crippen molar-refractivity contribution in [3.05, 3.63) is 29.8 Å². The smallest absolute Gasteiger partial charge is 0.206 e. The molecule has 0 N–H and O–H groups in total. The van der Waals surface area contributed by atoms with Crippen molar-refractivity contribution < 1.29 is 8.42 Å². The zero-order chi connectivity index (χ0) is 13.6. The second kappa shape index (κ2) is 7.12. The van der Waals surface area contributed by atoms with Crippen molar-refractivity contribution in [3.8, 4) is 0 Å². The quantitative estimate of drug-likeness (QED) is 0.567. The molecule has 0 aliphatic rings. The number of nitrogens with zero attached hydrogens (tertiary/aromatic N) is 1. The lowest BCUT2D eigenvalue weighted by molar-refractivity contribution is 0.517. The molecule has 18 heavy (non-hydrogen) atoms. The van der Waals surface area contributed by atoms with Gasteiger partial charge in [-0.05, 0) is 37.3 Å². The van der Waals surface area contributed by atoms with Gasteiger partial charge in [0.25, 0.3) is 10.0 Å². The van der Waals surface area contributed by atoms with Crippen molar-refractivity contribution in [3.63, 3.8) is 0 Å². The van der Waals surface area contributed by atoms with Gasteiger partial charge in [-0.15, -0.1) is 3.82 Å². The molecular weight excluding hydrogens is 270 g/mol. The standard InChI is InChI=1S/C13H20ClNO2S/c1-3-4-5-6-11-15(14)18(16,17)13-9-7-12(2)8-10-13/h7-10H,3-6,11H2,1-2H3. The molecule has 0 radical (unpaired) electrons. The highest BCUT2D eigenvalue weighted by Crippen LogP contribution is 2.19. The van der Waals surface area contributed by atoms with E-state index >= 15 is 0 Å². The van der Waals surface area contributed by atoms with Crippen LogP contribution in [0.4, 0.5) is 0 Å². The molecule has 0 spiro atoms. The van der Waals surface area contributed by atoms with Crippen LogP contribution in [-0.4, -0.2) is 18.8 Å². The lowest BCUT2D eigenvalue weighted by Gasteiger charge is -2.14. The van der Waals surface area contributed by atoms with Gasteiger partial charge in [0.15, 0.2) is 0 Å². The molecule has 0 aliphatic heterocycles. The van der Waals surface area contributed by atoms with Crippen LogP contribution in [0, 0.1) is 6.92 Å². The molecule has 0 saturated heterocycles. The highest BCUT2D eigenvalue weighted by molar-refractivity contribution is 7.90. The molecule has 5 heteroatoms. The van der Waals surface area contributed by atoms with E-state index in [1.54, 1.807) is 24.3 Å². The van der Waals surface area contributed by atoms with E-state index in [0.717, 1.165) is 35.1 Å². The Labute approximate surface area is 115 Å². The third kappa shape index (κ3) is 4.26. The maximum Gasteiger partial charge on any atom is 0.256 e. The predicted octanol–water partition coefficient (Wildman–Crippen LogP) is 3.72. The summed E-state index contributed by atoms with van der Waals surface area (Å²) in [7, 11) is -3.54. The van der Waals surface area contributed by atoms with Gasteiger partial charge in [-0.2, -0.15) is 0 Å². The Bertz CT molecular complexity index is 456. The van der Waals surface area contributed by atoms with E-state index in [0.29, 0.717) is 6.54 Å². The largest absolute Gasteiger partial charge is 0.256 e. The number of sulfonamides is 1. The highest BCUT2D eigenvalue weighted by atomic mass is 35.5. The fourth-order valence-corrected chi connectivity index (χ4v) is 3.04. The van der Waals surface area contributed by atoms with Crippen LogP contribution in [-0.2, 0) is 10.0 Å². The molecule has 1 aromatic rings. The molecule has 1 aromatic carbocycles. The monoisotopic (exact) mass is 289 g/mol. The van der Waals surface area contributed by atoms with E-state index in [4.69, 9.17) is 11.8 Å². The molecule has 0 amide bonds. The van der Waals surface area contributed by atoms with Gasteiger partial charge in [-0.1, -0.05) is 43.9 Å². The summed E-state index contributed by atoms with van der Waals surface area (Å²) >= 11 is 5.87. The Morgan fingerprint density at radius 2 is 1.72 bits per heavy atom. The number of halogens is 1. The van der Waals surface area contributed by atoms with Gasteiger partial charge >= 0.3 is 0 Å². The average molecular weight is 290 g/mol. The molecule has 3 nitrogen and oxygen atoms in total. The highest BCUT2D eigenvalue weighted by Gasteiger charge is 2.21. The van der Waals surface area contributed by atoms with Crippen LogP contribution in [0.1, 0.15) is 38.2 Å². The first kappa shape index (κ1) is 15.5. The van der Waals surface area contributed by atoms with Gasteiger partial charge in [0.2, 0.25) is 0 Å². The summed E-state index contributed by atoms with van der Waals surface area (Å²) in [6.07, 6.45) is 4.02. The summed E-state index contributed by atoms with van der Waals surface area (Å²) < 4.78 is 25.1. The molecule has 0 fully saturated rings. The minimum atomic E-state index is -3.54. The van der Waals surface area contributed by atoms with E-state index in [2.05, 4.69) is 6.92 Å². The fourth-order valence-electron chi connectivity index (χ4n) is 1.61. The number of hydrogen-bond acceptors (Lipinski definition) is 2. The van der Waals surface area contributed by atoms with Gasteiger partial charge in [0.05, 0.1) is 4.90 Å². The minimum Gasteiger partial charge on any atom is -0.206 e. The fraction of sp³-hybridized carbons (Fsp3) is 0.538. The van der Waals surface area contributed by atoms with Crippen LogP contribution < -0.4 is 0 Å². The SMILES string of the molecule is CCCCCCN(Cl)S(=O)(=O)c1ccc(C)cc1.